The van der Waals surface area contributed by atoms with Crippen molar-refractivity contribution in [3.63, 3.8) is 0 Å². The number of nitrogens with one attached hydrogen (secondary N) is 2. The molecule has 26 heavy (non-hydrogen) atoms. The second kappa shape index (κ2) is 8.05. The van der Waals surface area contributed by atoms with E-state index >= 15 is 0 Å². The van der Waals surface area contributed by atoms with E-state index in [4.69, 9.17) is 0 Å². The van der Waals surface area contributed by atoms with Crippen molar-refractivity contribution in [2.75, 3.05) is 7.05 Å². The van der Waals surface area contributed by atoms with Crippen LogP contribution in [0, 0.1) is 6.92 Å². The van der Waals surface area contributed by atoms with Crippen LogP contribution in [0.3, 0.4) is 0 Å². The monoisotopic (exact) mass is 353 g/mol. The van der Waals surface area contributed by atoms with Crippen molar-refractivity contribution in [1.82, 2.24) is 25.1 Å². The molecule has 0 unspecified atom stereocenters. The van der Waals surface area contributed by atoms with E-state index < -0.39 is 0 Å². The van der Waals surface area contributed by atoms with Crippen molar-refractivity contribution in [2.45, 2.75) is 38.6 Å². The van der Waals surface area contributed by atoms with Crippen molar-refractivity contribution in [2.24, 2.45) is 0 Å². The number of benzene rings is 1. The van der Waals surface area contributed by atoms with Gasteiger partial charge in [-0.3, -0.25) is 14.6 Å². The maximum Gasteiger partial charge on any atom is 0.260 e. The maximum atomic E-state index is 12.0. The lowest BCUT2D eigenvalue weighted by atomic mass is 10.2. The highest BCUT2D eigenvalue weighted by Crippen LogP contribution is 2.16. The number of rotatable bonds is 3. The molecule has 2 N–H and O–H groups in total. The van der Waals surface area contributed by atoms with Crippen LogP contribution in [0.25, 0.3) is 16.9 Å². The first kappa shape index (κ1) is 18.0. The summed E-state index contributed by atoms with van der Waals surface area (Å²) in [6.45, 7) is 1.74. The molecule has 0 radical (unpaired) electrons. The zero-order chi connectivity index (χ0) is 18.5. The van der Waals surface area contributed by atoms with Gasteiger partial charge in [0, 0.05) is 6.04 Å². The zero-order valence-corrected chi connectivity index (χ0v) is 15.0. The summed E-state index contributed by atoms with van der Waals surface area (Å²) in [4.78, 5) is 29.8. The summed E-state index contributed by atoms with van der Waals surface area (Å²) in [6, 6.07) is 7.90. The summed E-state index contributed by atoms with van der Waals surface area (Å²) < 4.78 is 1.44. The van der Waals surface area contributed by atoms with Crippen LogP contribution in [0.1, 0.15) is 41.7 Å². The molecule has 4 rings (SSSR count). The summed E-state index contributed by atoms with van der Waals surface area (Å²) in [5.74, 6) is 0.300. The highest BCUT2D eigenvalue weighted by atomic mass is 16.1. The molecule has 0 atom stereocenters. The van der Waals surface area contributed by atoms with Crippen LogP contribution < -0.4 is 10.9 Å². The molecule has 7 heteroatoms. The molecule has 1 aliphatic rings. The Morgan fingerprint density at radius 2 is 2.00 bits per heavy atom. The summed E-state index contributed by atoms with van der Waals surface area (Å²) in [7, 11) is 2.05. The van der Waals surface area contributed by atoms with Crippen molar-refractivity contribution < 1.29 is 4.79 Å². The molecule has 0 aliphatic heterocycles. The van der Waals surface area contributed by atoms with Crippen LogP contribution >= 0.6 is 0 Å². The Labute approximate surface area is 151 Å². The van der Waals surface area contributed by atoms with E-state index in [1.54, 1.807) is 25.1 Å². The van der Waals surface area contributed by atoms with Crippen molar-refractivity contribution in [3.05, 3.63) is 52.1 Å². The van der Waals surface area contributed by atoms with Crippen LogP contribution in [0.15, 0.2) is 35.3 Å². The lowest BCUT2D eigenvalue weighted by Crippen LogP contribution is -2.20. The Bertz CT molecular complexity index is 954. The van der Waals surface area contributed by atoms with Gasteiger partial charge in [-0.15, -0.1) is 0 Å². The molecule has 2 heterocycles. The Morgan fingerprint density at radius 3 is 2.62 bits per heavy atom. The first-order chi connectivity index (χ1) is 12.6. The van der Waals surface area contributed by atoms with Crippen molar-refractivity contribution in [3.8, 4) is 5.95 Å². The van der Waals surface area contributed by atoms with Gasteiger partial charge >= 0.3 is 0 Å². The molecule has 136 valence electrons. The van der Waals surface area contributed by atoms with Gasteiger partial charge < -0.3 is 5.32 Å². The van der Waals surface area contributed by atoms with Gasteiger partial charge in [0.05, 0.1) is 28.4 Å². The molecule has 2 aromatic heterocycles. The first-order valence-electron chi connectivity index (χ1n) is 8.80. The minimum atomic E-state index is -0.233. The molecular weight excluding hydrogens is 330 g/mol. The van der Waals surface area contributed by atoms with E-state index in [1.807, 2.05) is 6.07 Å². The van der Waals surface area contributed by atoms with Gasteiger partial charge in [0.2, 0.25) is 5.95 Å². The SMILES string of the molecule is CNC1CCCC1.Cc1c(C=O)cnn1-c1nc2ccccc2c(=O)[nH]1. The van der Waals surface area contributed by atoms with Crippen LogP contribution in [0.4, 0.5) is 0 Å². The largest absolute Gasteiger partial charge is 0.317 e. The van der Waals surface area contributed by atoms with Crippen molar-refractivity contribution >= 4 is 17.2 Å². The van der Waals surface area contributed by atoms with Gasteiger partial charge in [0.25, 0.3) is 5.56 Å². The second-order valence-corrected chi connectivity index (χ2v) is 6.39. The Kier molecular flexibility index (Phi) is 5.58. The average Bonchev–Trinajstić information content (AvgIpc) is 3.31. The van der Waals surface area contributed by atoms with Crippen LogP contribution in [0.2, 0.25) is 0 Å². The van der Waals surface area contributed by atoms with Crippen LogP contribution in [-0.4, -0.2) is 39.1 Å². The van der Waals surface area contributed by atoms with Gasteiger partial charge in [-0.05, 0) is 38.9 Å². The normalized spacial score (nSPS) is 14.2. The van der Waals surface area contributed by atoms with E-state index in [0.717, 1.165) is 12.3 Å². The number of para-hydroxylation sites is 1. The molecule has 0 bridgehead atoms. The number of fused-ring (bicyclic) bond motifs is 1. The van der Waals surface area contributed by atoms with E-state index in [2.05, 4.69) is 27.4 Å². The minimum absolute atomic E-state index is 0.233. The lowest BCUT2D eigenvalue weighted by molar-refractivity contribution is 0.112. The number of aldehydes is 1. The van der Waals surface area contributed by atoms with Gasteiger partial charge in [-0.25, -0.2) is 9.67 Å². The molecule has 3 aromatic rings. The number of carbonyl (C=O) groups is 1. The molecule has 1 aliphatic carbocycles. The van der Waals surface area contributed by atoms with Crippen LogP contribution in [-0.2, 0) is 0 Å². The fraction of sp³-hybridized carbons (Fsp3) is 0.368. The third-order valence-electron chi connectivity index (χ3n) is 4.74. The second-order valence-electron chi connectivity index (χ2n) is 6.39. The predicted octanol–water partition coefficient (Wildman–Crippen LogP) is 2.38. The Balaban J connectivity index is 0.000000236. The molecular formula is C19H23N5O2. The van der Waals surface area contributed by atoms with Crippen molar-refractivity contribution in [1.29, 1.82) is 0 Å². The summed E-state index contributed by atoms with van der Waals surface area (Å²) in [5.41, 5.74) is 1.45. The van der Waals surface area contributed by atoms with Gasteiger partial charge in [0.15, 0.2) is 6.29 Å². The Hall–Kier alpha value is -2.80. The maximum absolute atomic E-state index is 12.0. The van der Waals surface area contributed by atoms with Gasteiger partial charge in [0.1, 0.15) is 0 Å². The number of nitrogens with zero attached hydrogens (tertiary/aromatic N) is 3. The predicted molar refractivity (Wildman–Crippen MR) is 101 cm³/mol. The highest BCUT2D eigenvalue weighted by molar-refractivity contribution is 5.78. The lowest BCUT2D eigenvalue weighted by Gasteiger charge is -2.04. The quantitative estimate of drug-likeness (QED) is 0.705. The number of H-pyrrole nitrogens is 1. The molecule has 0 spiro atoms. The first-order valence-corrected chi connectivity index (χ1v) is 8.80. The molecule has 1 fully saturated rings. The molecule has 0 amide bonds. The standard InChI is InChI=1S/C13H10N4O2.C6H13N/c1-8-9(7-18)6-14-17(8)13-15-11-5-3-2-4-10(11)12(19)16-13;1-7-6-4-2-3-5-6/h2-7H,1H3,(H,15,16,19);6-7H,2-5H2,1H3. The van der Waals surface area contributed by atoms with Gasteiger partial charge in [-0.2, -0.15) is 5.10 Å². The number of hydrogen-bond acceptors (Lipinski definition) is 5. The summed E-state index contributed by atoms with van der Waals surface area (Å²) >= 11 is 0. The fourth-order valence-corrected chi connectivity index (χ4v) is 3.14. The molecule has 1 saturated carbocycles. The zero-order valence-electron chi connectivity index (χ0n) is 15.0. The van der Waals surface area contributed by atoms with E-state index in [1.165, 1.54) is 36.6 Å². The number of carbonyl (C=O) groups excluding carboxylic acids is 1. The highest BCUT2D eigenvalue weighted by Gasteiger charge is 2.11. The van der Waals surface area contributed by atoms with Crippen LogP contribution in [0.5, 0.6) is 0 Å². The smallest absolute Gasteiger partial charge is 0.260 e. The number of aromatic nitrogens is 4. The summed E-state index contributed by atoms with van der Waals surface area (Å²) in [6.07, 6.45) is 7.83. The topological polar surface area (TPSA) is 92.7 Å². The van der Waals surface area contributed by atoms with E-state index in [-0.39, 0.29) is 5.56 Å². The Morgan fingerprint density at radius 1 is 1.27 bits per heavy atom. The fourth-order valence-electron chi connectivity index (χ4n) is 3.14. The number of aromatic amines is 1. The minimum Gasteiger partial charge on any atom is -0.317 e. The molecule has 1 aromatic carbocycles. The van der Waals surface area contributed by atoms with E-state index in [0.29, 0.717) is 28.1 Å². The molecule has 7 nitrogen and oxygen atoms in total. The molecule has 0 saturated heterocycles. The average molecular weight is 353 g/mol. The third-order valence-corrected chi connectivity index (χ3v) is 4.74. The van der Waals surface area contributed by atoms with E-state index in [9.17, 15) is 9.59 Å². The van der Waals surface area contributed by atoms with Gasteiger partial charge in [-0.1, -0.05) is 25.0 Å². The third kappa shape index (κ3) is 3.72. The number of hydrogen-bond donors (Lipinski definition) is 2. The summed E-state index contributed by atoms with van der Waals surface area (Å²) in [5, 5.41) is 7.84.